The first-order chi connectivity index (χ1) is 10.6. The third kappa shape index (κ3) is 0.961. The number of aliphatic hydroxyl groups is 1. The summed E-state index contributed by atoms with van der Waals surface area (Å²) in [7, 11) is 2.15. The van der Waals surface area contributed by atoms with Crippen molar-refractivity contribution in [3.05, 3.63) is 29.8 Å². The van der Waals surface area contributed by atoms with E-state index in [0.717, 1.165) is 12.8 Å². The zero-order valence-electron chi connectivity index (χ0n) is 12.6. The van der Waals surface area contributed by atoms with Crippen LogP contribution in [0.2, 0.25) is 0 Å². The highest BCUT2D eigenvalue weighted by atomic mass is 16.3. The molecule has 1 aromatic rings. The number of hydrogen-bond donors (Lipinski definition) is 1. The highest BCUT2D eigenvalue weighted by Gasteiger charge is 2.75. The van der Waals surface area contributed by atoms with Crippen LogP contribution >= 0.6 is 0 Å². The molecule has 1 spiro atoms. The summed E-state index contributed by atoms with van der Waals surface area (Å²) in [5.41, 5.74) is 2.42. The summed E-state index contributed by atoms with van der Waals surface area (Å²) in [6, 6.07) is 9.37. The highest BCUT2D eigenvalue weighted by Crippen LogP contribution is 2.67. The van der Waals surface area contributed by atoms with E-state index in [9.17, 15) is 9.90 Å². The van der Waals surface area contributed by atoms with E-state index < -0.39 is 0 Å². The first-order valence-electron chi connectivity index (χ1n) is 8.46. The molecule has 1 amide bonds. The summed E-state index contributed by atoms with van der Waals surface area (Å²) in [5.74, 6) is 1.01. The Morgan fingerprint density at radius 1 is 1.27 bits per heavy atom. The number of amides is 1. The van der Waals surface area contributed by atoms with E-state index in [4.69, 9.17) is 0 Å². The van der Waals surface area contributed by atoms with Crippen molar-refractivity contribution >= 4 is 11.6 Å². The number of piperidine rings is 4. The van der Waals surface area contributed by atoms with Crippen molar-refractivity contribution in [3.63, 3.8) is 0 Å². The zero-order chi connectivity index (χ0) is 14.8. The minimum Gasteiger partial charge on any atom is -0.392 e. The van der Waals surface area contributed by atoms with Crippen molar-refractivity contribution in [2.75, 3.05) is 11.9 Å². The largest absolute Gasteiger partial charge is 0.392 e. The van der Waals surface area contributed by atoms with Crippen LogP contribution in [0.5, 0.6) is 0 Å². The number of benzene rings is 1. The molecular formula is C18H20N2O2. The van der Waals surface area contributed by atoms with Gasteiger partial charge in [-0.25, -0.2) is 0 Å². The summed E-state index contributed by atoms with van der Waals surface area (Å²) in [6.07, 6.45) is 2.38. The van der Waals surface area contributed by atoms with E-state index in [1.54, 1.807) is 0 Å². The molecule has 5 heterocycles. The molecule has 4 heteroatoms. The van der Waals surface area contributed by atoms with Gasteiger partial charge >= 0.3 is 0 Å². The Hall–Kier alpha value is -1.55. The maximum absolute atomic E-state index is 12.5. The summed E-state index contributed by atoms with van der Waals surface area (Å²) in [5, 5.41) is 11.4. The van der Waals surface area contributed by atoms with Gasteiger partial charge in [0, 0.05) is 36.5 Å². The Labute approximate surface area is 129 Å². The van der Waals surface area contributed by atoms with Gasteiger partial charge in [0.2, 0.25) is 5.91 Å². The van der Waals surface area contributed by atoms with Crippen molar-refractivity contribution in [3.8, 4) is 0 Å². The molecule has 7 atom stereocenters. The number of hydrogen-bond acceptors (Lipinski definition) is 3. The lowest BCUT2D eigenvalue weighted by atomic mass is 9.66. The van der Waals surface area contributed by atoms with Crippen LogP contribution in [0.15, 0.2) is 24.3 Å². The molecule has 4 saturated heterocycles. The Bertz CT molecular complexity index is 719. The van der Waals surface area contributed by atoms with Gasteiger partial charge in [-0.1, -0.05) is 18.2 Å². The van der Waals surface area contributed by atoms with Crippen LogP contribution in [-0.2, 0) is 10.2 Å². The maximum atomic E-state index is 12.5. The van der Waals surface area contributed by atoms with Gasteiger partial charge in [-0.2, -0.15) is 0 Å². The lowest BCUT2D eigenvalue weighted by Gasteiger charge is -2.57. The molecule has 1 saturated carbocycles. The first kappa shape index (κ1) is 11.9. The second kappa shape index (κ2) is 3.35. The molecule has 1 N–H and O–H groups in total. The second-order valence-electron chi connectivity index (χ2n) is 7.98. The topological polar surface area (TPSA) is 43.8 Å². The number of para-hydroxylation sites is 1. The number of carbonyl (C=O) groups excluding carboxylic acids is 1. The number of fused-ring (bicyclic) bond motifs is 2. The van der Waals surface area contributed by atoms with Gasteiger partial charge in [-0.3, -0.25) is 4.79 Å². The van der Waals surface area contributed by atoms with Gasteiger partial charge in [0.15, 0.2) is 0 Å². The molecule has 5 fully saturated rings. The quantitative estimate of drug-likeness (QED) is 0.780. The number of likely N-dealkylation sites (N-methyl/N-ethyl adjacent to an activating group) is 1. The number of aliphatic hydroxyl groups excluding tert-OH is 1. The van der Waals surface area contributed by atoms with Crippen molar-refractivity contribution in [1.82, 2.24) is 4.90 Å². The molecule has 1 aliphatic carbocycles. The van der Waals surface area contributed by atoms with Gasteiger partial charge in [0.05, 0.1) is 18.2 Å². The molecule has 22 heavy (non-hydrogen) atoms. The zero-order valence-corrected chi connectivity index (χ0v) is 12.6. The Balaban J connectivity index is 1.66. The Morgan fingerprint density at radius 2 is 2.09 bits per heavy atom. The fourth-order valence-electron chi connectivity index (χ4n) is 7.04. The van der Waals surface area contributed by atoms with E-state index in [0.29, 0.717) is 24.2 Å². The molecule has 7 rings (SSSR count). The third-order valence-corrected chi connectivity index (χ3v) is 7.51. The second-order valence-corrected chi connectivity index (χ2v) is 7.98. The Kier molecular flexibility index (Phi) is 1.82. The highest BCUT2D eigenvalue weighted by molar-refractivity contribution is 5.81. The standard InChI is InChI=1S/C18H20N2O2/c1-19-11-5-3-2-4-10(11)18-8-13-15(17(18)22)9-6-12(16(18)19)20(13)14(21)7-9/h2-5,9,12-13,15-17,22H,6-8H2,1H3/t9-,12-,13-,15-,16-,17+,18+/m0/s1. The summed E-state index contributed by atoms with van der Waals surface area (Å²) in [4.78, 5) is 17.1. The smallest absolute Gasteiger partial charge is 0.223 e. The van der Waals surface area contributed by atoms with Crippen LogP contribution in [0.4, 0.5) is 5.69 Å². The van der Waals surface area contributed by atoms with Gasteiger partial charge < -0.3 is 14.9 Å². The minimum atomic E-state index is -0.304. The fraction of sp³-hybridized carbons (Fsp3) is 0.611. The van der Waals surface area contributed by atoms with Crippen LogP contribution in [0.3, 0.4) is 0 Å². The SMILES string of the molecule is CN1c2ccccc2[C@]23C[C@H]4[C@H]([C@@H]5CC(=O)N4[C@@H](C5)[C@H]12)[C@H]3O. The molecule has 5 aliphatic heterocycles. The average molecular weight is 296 g/mol. The van der Waals surface area contributed by atoms with Crippen molar-refractivity contribution in [1.29, 1.82) is 0 Å². The monoisotopic (exact) mass is 296 g/mol. The minimum absolute atomic E-state index is 0.152. The maximum Gasteiger partial charge on any atom is 0.223 e. The third-order valence-electron chi connectivity index (χ3n) is 7.51. The predicted octanol–water partition coefficient (Wildman–Crippen LogP) is 1.13. The molecule has 114 valence electrons. The van der Waals surface area contributed by atoms with Crippen LogP contribution in [-0.4, -0.2) is 47.2 Å². The van der Waals surface area contributed by atoms with Gasteiger partial charge in [-0.05, 0) is 30.4 Å². The van der Waals surface area contributed by atoms with Crippen LogP contribution in [0, 0.1) is 11.8 Å². The molecule has 4 nitrogen and oxygen atoms in total. The van der Waals surface area contributed by atoms with Crippen LogP contribution in [0.25, 0.3) is 0 Å². The van der Waals surface area contributed by atoms with Gasteiger partial charge in [0.25, 0.3) is 0 Å². The first-order valence-corrected chi connectivity index (χ1v) is 8.46. The van der Waals surface area contributed by atoms with Gasteiger partial charge in [0.1, 0.15) is 0 Å². The van der Waals surface area contributed by atoms with Crippen molar-refractivity contribution < 1.29 is 9.90 Å². The van der Waals surface area contributed by atoms with Crippen LogP contribution in [0.1, 0.15) is 24.8 Å². The van der Waals surface area contributed by atoms with E-state index in [2.05, 4.69) is 41.1 Å². The summed E-state index contributed by atoms with van der Waals surface area (Å²) >= 11 is 0. The van der Waals surface area contributed by atoms with E-state index in [1.165, 1.54) is 11.3 Å². The van der Waals surface area contributed by atoms with E-state index >= 15 is 0 Å². The average Bonchev–Trinajstić information content (AvgIpc) is 2.90. The Morgan fingerprint density at radius 3 is 2.95 bits per heavy atom. The lowest BCUT2D eigenvalue weighted by Crippen LogP contribution is -2.69. The summed E-state index contributed by atoms with van der Waals surface area (Å²) < 4.78 is 0. The molecule has 6 aliphatic rings. The van der Waals surface area contributed by atoms with Crippen molar-refractivity contribution in [2.45, 2.75) is 48.9 Å². The molecule has 1 aromatic carbocycles. The number of rotatable bonds is 0. The van der Waals surface area contributed by atoms with Crippen LogP contribution < -0.4 is 4.90 Å². The molecule has 0 unspecified atom stereocenters. The molecular weight excluding hydrogens is 276 g/mol. The predicted molar refractivity (Wildman–Crippen MR) is 81.6 cm³/mol. The molecule has 5 bridgehead atoms. The van der Waals surface area contributed by atoms with E-state index in [1.807, 2.05) is 0 Å². The normalized spacial score (nSPS) is 49.8. The number of anilines is 1. The lowest BCUT2D eigenvalue weighted by molar-refractivity contribution is -0.157. The number of nitrogens with zero attached hydrogens (tertiary/aromatic N) is 2. The fourth-order valence-corrected chi connectivity index (χ4v) is 7.04. The summed E-state index contributed by atoms with van der Waals surface area (Å²) in [6.45, 7) is 0. The van der Waals surface area contributed by atoms with Crippen molar-refractivity contribution in [2.24, 2.45) is 11.8 Å². The molecule has 0 radical (unpaired) electrons. The number of carbonyl (C=O) groups is 1. The van der Waals surface area contributed by atoms with E-state index in [-0.39, 0.29) is 29.6 Å². The van der Waals surface area contributed by atoms with Gasteiger partial charge in [-0.15, -0.1) is 0 Å². The molecule has 0 aromatic heterocycles.